The zero-order valence-corrected chi connectivity index (χ0v) is 27.3. The molecule has 0 heterocycles. The van der Waals surface area contributed by atoms with E-state index in [9.17, 15) is 19.5 Å². The van der Waals surface area contributed by atoms with Crippen molar-refractivity contribution in [1.29, 1.82) is 0 Å². The summed E-state index contributed by atoms with van der Waals surface area (Å²) in [6.07, 6.45) is 5.69. The Kier molecular flexibility index (Phi) is 13.2. The van der Waals surface area contributed by atoms with Crippen LogP contribution in [0.15, 0.2) is 84.9 Å². The molecule has 0 spiro atoms. The van der Waals surface area contributed by atoms with Gasteiger partial charge in [-0.1, -0.05) is 94.1 Å². The lowest BCUT2D eigenvalue weighted by Gasteiger charge is -2.36. The van der Waals surface area contributed by atoms with Crippen molar-refractivity contribution < 1.29 is 24.2 Å². The summed E-state index contributed by atoms with van der Waals surface area (Å²) in [5.74, 6) is 0.551. The Bertz CT molecular complexity index is 1390. The number of nitrogens with one attached hydrogen (secondary N) is 3. The van der Waals surface area contributed by atoms with Gasteiger partial charge in [-0.15, -0.1) is 0 Å². The fourth-order valence-electron chi connectivity index (χ4n) is 6.25. The van der Waals surface area contributed by atoms with Crippen LogP contribution in [0.25, 0.3) is 0 Å². The molecule has 246 valence electrons. The van der Waals surface area contributed by atoms with Crippen molar-refractivity contribution in [1.82, 2.24) is 16.0 Å². The standard InChI is InChI=1S/C38H49N3O5/c1-4-26(2)36(39-27(3)42)38(45)40-33(29-17-10-6-11-18-29)25-35(43)34(23-28-15-8-5-9-16-28)41-37(44)30-19-14-22-32(24-30)46-31-20-12-7-13-21-31/h5,7-9,12-16,19-22,24,26,29,33-36,43H,4,6,10-11,17-18,23,25H2,1-3H3,(H,39,42)(H,40,45)(H,41,44)/t26-,33+,34-,35-,36-/m0/s1. The minimum Gasteiger partial charge on any atom is -0.457 e. The third-order valence-electron chi connectivity index (χ3n) is 9.05. The van der Waals surface area contributed by atoms with Gasteiger partial charge in [0.2, 0.25) is 11.8 Å². The van der Waals surface area contributed by atoms with Crippen molar-refractivity contribution in [2.45, 2.75) is 96.4 Å². The molecule has 5 atom stereocenters. The number of amides is 3. The Labute approximate surface area is 273 Å². The van der Waals surface area contributed by atoms with Gasteiger partial charge in [0.1, 0.15) is 17.5 Å². The van der Waals surface area contributed by atoms with E-state index in [1.54, 1.807) is 24.3 Å². The lowest BCUT2D eigenvalue weighted by atomic mass is 9.80. The van der Waals surface area contributed by atoms with E-state index in [0.717, 1.165) is 44.1 Å². The van der Waals surface area contributed by atoms with Gasteiger partial charge in [0.05, 0.1) is 12.1 Å². The number of ether oxygens (including phenoxy) is 1. The number of carbonyl (C=O) groups is 3. The summed E-state index contributed by atoms with van der Waals surface area (Å²) in [5, 5.41) is 21.0. The second-order valence-corrected chi connectivity index (χ2v) is 12.6. The van der Waals surface area contributed by atoms with Gasteiger partial charge in [0, 0.05) is 18.5 Å². The van der Waals surface area contributed by atoms with Crippen LogP contribution in [-0.4, -0.2) is 47.1 Å². The highest BCUT2D eigenvalue weighted by atomic mass is 16.5. The van der Waals surface area contributed by atoms with Crippen LogP contribution in [0.4, 0.5) is 0 Å². The molecular formula is C38H49N3O5. The smallest absolute Gasteiger partial charge is 0.251 e. The zero-order valence-electron chi connectivity index (χ0n) is 27.3. The van der Waals surface area contributed by atoms with Crippen molar-refractivity contribution in [2.24, 2.45) is 11.8 Å². The molecule has 0 aromatic heterocycles. The number of carbonyl (C=O) groups excluding carboxylic acids is 3. The lowest BCUT2D eigenvalue weighted by Crippen LogP contribution is -2.55. The van der Waals surface area contributed by atoms with Crippen molar-refractivity contribution in [2.75, 3.05) is 0 Å². The molecule has 0 unspecified atom stereocenters. The van der Waals surface area contributed by atoms with E-state index in [1.807, 2.05) is 74.5 Å². The Morgan fingerprint density at radius 2 is 1.50 bits per heavy atom. The van der Waals surface area contributed by atoms with Crippen LogP contribution in [0.1, 0.15) is 81.6 Å². The van der Waals surface area contributed by atoms with E-state index < -0.39 is 18.2 Å². The van der Waals surface area contributed by atoms with E-state index in [4.69, 9.17) is 4.74 Å². The highest BCUT2D eigenvalue weighted by Gasteiger charge is 2.34. The largest absolute Gasteiger partial charge is 0.457 e. The quantitative estimate of drug-likeness (QED) is 0.160. The second-order valence-electron chi connectivity index (χ2n) is 12.6. The minimum absolute atomic E-state index is 0.0485. The van der Waals surface area contributed by atoms with E-state index in [-0.39, 0.29) is 42.0 Å². The van der Waals surface area contributed by atoms with Crippen LogP contribution < -0.4 is 20.7 Å². The van der Waals surface area contributed by atoms with Crippen LogP contribution >= 0.6 is 0 Å². The number of hydrogen-bond acceptors (Lipinski definition) is 5. The third-order valence-corrected chi connectivity index (χ3v) is 9.05. The van der Waals surface area contributed by atoms with Gasteiger partial charge in [0.25, 0.3) is 5.91 Å². The Morgan fingerprint density at radius 3 is 2.15 bits per heavy atom. The van der Waals surface area contributed by atoms with Gasteiger partial charge in [0.15, 0.2) is 0 Å². The molecule has 4 N–H and O–H groups in total. The second kappa shape index (κ2) is 17.5. The van der Waals surface area contributed by atoms with Crippen LogP contribution in [0, 0.1) is 11.8 Å². The van der Waals surface area contributed by atoms with Crippen LogP contribution in [-0.2, 0) is 16.0 Å². The van der Waals surface area contributed by atoms with Crippen molar-refractivity contribution in [3.05, 3.63) is 96.1 Å². The fraction of sp³-hybridized carbons (Fsp3) is 0.447. The molecular weight excluding hydrogens is 578 g/mol. The first-order chi connectivity index (χ1) is 22.2. The molecule has 3 amide bonds. The molecule has 1 aliphatic carbocycles. The summed E-state index contributed by atoms with van der Waals surface area (Å²) in [5.41, 5.74) is 1.40. The lowest BCUT2D eigenvalue weighted by molar-refractivity contribution is -0.130. The van der Waals surface area contributed by atoms with Gasteiger partial charge in [-0.05, 0) is 73.4 Å². The maximum Gasteiger partial charge on any atom is 0.251 e. The highest BCUT2D eigenvalue weighted by Crippen LogP contribution is 2.30. The summed E-state index contributed by atoms with van der Waals surface area (Å²) in [6, 6.07) is 24.5. The minimum atomic E-state index is -0.942. The number of benzene rings is 3. The molecule has 8 heteroatoms. The number of hydrogen-bond donors (Lipinski definition) is 4. The summed E-state index contributed by atoms with van der Waals surface area (Å²) < 4.78 is 5.95. The number of aliphatic hydroxyl groups excluding tert-OH is 1. The molecule has 4 rings (SSSR count). The monoisotopic (exact) mass is 627 g/mol. The van der Waals surface area contributed by atoms with E-state index in [2.05, 4.69) is 16.0 Å². The topological polar surface area (TPSA) is 117 Å². The molecule has 0 radical (unpaired) electrons. The predicted octanol–water partition coefficient (Wildman–Crippen LogP) is 6.19. The molecule has 0 aliphatic heterocycles. The summed E-state index contributed by atoms with van der Waals surface area (Å²) in [4.78, 5) is 39.2. The molecule has 0 bridgehead atoms. The van der Waals surface area contributed by atoms with Crippen LogP contribution in [0.5, 0.6) is 11.5 Å². The molecule has 1 saturated carbocycles. The van der Waals surface area contributed by atoms with Crippen molar-refractivity contribution >= 4 is 17.7 Å². The SMILES string of the molecule is CC[C@H](C)[C@H](NC(C)=O)C(=O)N[C@H](C[C@H](O)[C@H](Cc1ccccc1)NC(=O)c1cccc(Oc2ccccc2)c1)C1CCCCC1. The number of aliphatic hydroxyl groups is 1. The number of para-hydroxylation sites is 1. The van der Waals surface area contributed by atoms with Gasteiger partial charge < -0.3 is 25.8 Å². The molecule has 8 nitrogen and oxygen atoms in total. The summed E-state index contributed by atoms with van der Waals surface area (Å²) >= 11 is 0. The summed E-state index contributed by atoms with van der Waals surface area (Å²) in [7, 11) is 0. The van der Waals surface area contributed by atoms with Gasteiger partial charge in [-0.3, -0.25) is 14.4 Å². The Morgan fingerprint density at radius 1 is 0.848 bits per heavy atom. The molecule has 46 heavy (non-hydrogen) atoms. The highest BCUT2D eigenvalue weighted by molar-refractivity contribution is 5.94. The van der Waals surface area contributed by atoms with Gasteiger partial charge in [-0.25, -0.2) is 0 Å². The maximum atomic E-state index is 13.6. The predicted molar refractivity (Wildman–Crippen MR) is 181 cm³/mol. The number of rotatable bonds is 15. The molecule has 1 aliphatic rings. The van der Waals surface area contributed by atoms with Crippen molar-refractivity contribution in [3.63, 3.8) is 0 Å². The van der Waals surface area contributed by atoms with Crippen LogP contribution in [0.3, 0.4) is 0 Å². The Balaban J connectivity index is 1.54. The van der Waals surface area contributed by atoms with Crippen LogP contribution in [0.2, 0.25) is 0 Å². The van der Waals surface area contributed by atoms with E-state index >= 15 is 0 Å². The maximum absolute atomic E-state index is 13.6. The first-order valence-corrected chi connectivity index (χ1v) is 16.7. The third kappa shape index (κ3) is 10.4. The van der Waals surface area contributed by atoms with Gasteiger partial charge in [-0.2, -0.15) is 0 Å². The van der Waals surface area contributed by atoms with E-state index in [1.165, 1.54) is 6.92 Å². The Hall–Kier alpha value is -4.17. The molecule has 0 saturated heterocycles. The molecule has 3 aromatic carbocycles. The summed E-state index contributed by atoms with van der Waals surface area (Å²) in [6.45, 7) is 5.37. The first kappa shape index (κ1) is 34.7. The van der Waals surface area contributed by atoms with Crippen molar-refractivity contribution in [3.8, 4) is 11.5 Å². The zero-order chi connectivity index (χ0) is 32.9. The molecule has 3 aromatic rings. The average molecular weight is 628 g/mol. The first-order valence-electron chi connectivity index (χ1n) is 16.7. The molecule has 1 fully saturated rings. The average Bonchev–Trinajstić information content (AvgIpc) is 3.07. The van der Waals surface area contributed by atoms with E-state index in [0.29, 0.717) is 23.5 Å². The van der Waals surface area contributed by atoms with Gasteiger partial charge >= 0.3 is 0 Å². The fourth-order valence-corrected chi connectivity index (χ4v) is 6.25. The normalized spacial score (nSPS) is 16.7.